The minimum absolute atomic E-state index is 1.16. The molecule has 0 spiro atoms. The van der Waals surface area contributed by atoms with Gasteiger partial charge in [-0.05, 0) is 29.0 Å². The molecule has 0 amide bonds. The molecule has 3 aromatic rings. The van der Waals surface area contributed by atoms with Gasteiger partial charge in [0.1, 0.15) is 0 Å². The third kappa shape index (κ3) is 2.20. The summed E-state index contributed by atoms with van der Waals surface area (Å²) in [5.74, 6) is 0. The Labute approximate surface area is 105 Å². The predicted molar refractivity (Wildman–Crippen MR) is 73.3 cm³/mol. The van der Waals surface area contributed by atoms with Gasteiger partial charge in [-0.15, -0.1) is 0 Å². The second-order valence-corrected chi connectivity index (χ2v) is 4.89. The summed E-state index contributed by atoms with van der Waals surface area (Å²) in [7, 11) is 0. The van der Waals surface area contributed by atoms with Gasteiger partial charge in [0.2, 0.25) is 0 Å². The molecule has 0 saturated carbocycles. The van der Waals surface area contributed by atoms with Crippen molar-refractivity contribution in [3.8, 4) is 0 Å². The quantitative estimate of drug-likeness (QED) is 0.615. The molecule has 0 aliphatic rings. The summed E-state index contributed by atoms with van der Waals surface area (Å²) in [4.78, 5) is 2.44. The van der Waals surface area contributed by atoms with Crippen molar-refractivity contribution in [1.29, 1.82) is 0 Å². The maximum atomic E-state index is 3.24. The summed E-state index contributed by atoms with van der Waals surface area (Å²) >= 11 is 1.76. The zero-order valence-electron chi connectivity index (χ0n) is 9.26. The molecule has 3 rings (SSSR count). The van der Waals surface area contributed by atoms with E-state index in [0.717, 1.165) is 4.90 Å². The molecule has 0 aromatic heterocycles. The molecule has 0 fully saturated rings. The van der Waals surface area contributed by atoms with Crippen LogP contribution in [-0.4, -0.2) is 0 Å². The zero-order chi connectivity index (χ0) is 11.5. The van der Waals surface area contributed by atoms with E-state index in [1.54, 1.807) is 11.8 Å². The molecule has 17 heavy (non-hydrogen) atoms. The second kappa shape index (κ2) is 4.64. The first kappa shape index (κ1) is 10.4. The third-order valence-electron chi connectivity index (χ3n) is 2.65. The van der Waals surface area contributed by atoms with Crippen molar-refractivity contribution in [3.63, 3.8) is 0 Å². The van der Waals surface area contributed by atoms with E-state index in [4.69, 9.17) is 0 Å². The average molecular weight is 235 g/mol. The lowest BCUT2D eigenvalue weighted by Crippen LogP contribution is -1.77. The van der Waals surface area contributed by atoms with Gasteiger partial charge in [-0.25, -0.2) is 0 Å². The molecule has 0 N–H and O–H groups in total. The Morgan fingerprint density at radius 2 is 1.59 bits per heavy atom. The molecule has 0 aliphatic heterocycles. The van der Waals surface area contributed by atoms with E-state index in [9.17, 15) is 0 Å². The van der Waals surface area contributed by atoms with Crippen LogP contribution in [0.25, 0.3) is 10.8 Å². The van der Waals surface area contributed by atoms with E-state index >= 15 is 0 Å². The van der Waals surface area contributed by atoms with Crippen LogP contribution in [0.15, 0.2) is 76.5 Å². The van der Waals surface area contributed by atoms with Crippen LogP contribution < -0.4 is 0 Å². The van der Waals surface area contributed by atoms with Crippen molar-refractivity contribution in [1.82, 2.24) is 0 Å². The number of rotatable bonds is 2. The van der Waals surface area contributed by atoms with Crippen LogP contribution in [0.2, 0.25) is 0 Å². The topological polar surface area (TPSA) is 0 Å². The van der Waals surface area contributed by atoms with E-state index in [2.05, 4.69) is 54.6 Å². The fourth-order valence-corrected chi connectivity index (χ4v) is 2.80. The van der Waals surface area contributed by atoms with Crippen molar-refractivity contribution in [2.75, 3.05) is 0 Å². The molecule has 0 heterocycles. The molecule has 1 radical (unpaired) electrons. The Kier molecular flexibility index (Phi) is 2.85. The summed E-state index contributed by atoms with van der Waals surface area (Å²) in [6.45, 7) is 0. The molecule has 0 atom stereocenters. The van der Waals surface area contributed by atoms with E-state index in [0.29, 0.717) is 0 Å². The minimum atomic E-state index is 1.16. The average Bonchev–Trinajstić information content (AvgIpc) is 2.40. The molecule has 0 saturated heterocycles. The fourth-order valence-electron chi connectivity index (χ4n) is 1.84. The first-order chi connectivity index (χ1) is 8.43. The van der Waals surface area contributed by atoms with Gasteiger partial charge < -0.3 is 0 Å². The highest BCUT2D eigenvalue weighted by atomic mass is 32.2. The van der Waals surface area contributed by atoms with E-state index in [1.807, 2.05) is 18.2 Å². The van der Waals surface area contributed by atoms with Crippen molar-refractivity contribution >= 4 is 22.5 Å². The summed E-state index contributed by atoms with van der Waals surface area (Å²) in [5, 5.41) is 2.59. The van der Waals surface area contributed by atoms with Crippen LogP contribution in [-0.2, 0) is 0 Å². The van der Waals surface area contributed by atoms with E-state index in [1.165, 1.54) is 15.7 Å². The molecule has 3 aromatic carbocycles. The summed E-state index contributed by atoms with van der Waals surface area (Å²) < 4.78 is 0. The first-order valence-electron chi connectivity index (χ1n) is 5.56. The van der Waals surface area contributed by atoms with Gasteiger partial charge >= 0.3 is 0 Å². The normalized spacial score (nSPS) is 10.6. The Hall–Kier alpha value is -1.73. The first-order valence-corrected chi connectivity index (χ1v) is 6.37. The molecule has 0 bridgehead atoms. The molecule has 81 valence electrons. The van der Waals surface area contributed by atoms with Gasteiger partial charge in [0.25, 0.3) is 0 Å². The SMILES string of the molecule is [c]1ccccc1Sc1cccc2ccccc12. The maximum Gasteiger partial charge on any atom is 0.0201 e. The third-order valence-corrected chi connectivity index (χ3v) is 3.70. The minimum Gasteiger partial charge on any atom is -0.0888 e. The van der Waals surface area contributed by atoms with Crippen molar-refractivity contribution in [2.45, 2.75) is 9.79 Å². The molecule has 0 aliphatic carbocycles. The summed E-state index contributed by atoms with van der Waals surface area (Å²) in [6, 6.07) is 26.2. The maximum absolute atomic E-state index is 3.24. The molecular formula is C16H11S. The van der Waals surface area contributed by atoms with Gasteiger partial charge in [0, 0.05) is 9.79 Å². The van der Waals surface area contributed by atoms with Crippen molar-refractivity contribution in [3.05, 3.63) is 72.8 Å². The van der Waals surface area contributed by atoms with Crippen LogP contribution >= 0.6 is 11.8 Å². The summed E-state index contributed by atoms with van der Waals surface area (Å²) in [5.41, 5.74) is 0. The lowest BCUT2D eigenvalue weighted by atomic mass is 10.1. The zero-order valence-corrected chi connectivity index (χ0v) is 10.1. The van der Waals surface area contributed by atoms with Crippen LogP contribution in [0.5, 0.6) is 0 Å². The number of benzene rings is 3. The lowest BCUT2D eigenvalue weighted by molar-refractivity contribution is 1.42. The van der Waals surface area contributed by atoms with E-state index < -0.39 is 0 Å². The van der Waals surface area contributed by atoms with Gasteiger partial charge in [0.15, 0.2) is 0 Å². The fraction of sp³-hybridized carbons (Fsp3) is 0. The molecule has 0 nitrogen and oxygen atoms in total. The van der Waals surface area contributed by atoms with Crippen LogP contribution in [0.3, 0.4) is 0 Å². The number of hydrogen-bond acceptors (Lipinski definition) is 1. The van der Waals surface area contributed by atoms with Crippen LogP contribution in [0.1, 0.15) is 0 Å². The van der Waals surface area contributed by atoms with Crippen molar-refractivity contribution in [2.24, 2.45) is 0 Å². The largest absolute Gasteiger partial charge is 0.0888 e. The Morgan fingerprint density at radius 3 is 2.47 bits per heavy atom. The summed E-state index contributed by atoms with van der Waals surface area (Å²) in [6.07, 6.45) is 0. The lowest BCUT2D eigenvalue weighted by Gasteiger charge is -2.05. The van der Waals surface area contributed by atoms with Crippen molar-refractivity contribution < 1.29 is 0 Å². The Morgan fingerprint density at radius 1 is 0.765 bits per heavy atom. The highest BCUT2D eigenvalue weighted by Crippen LogP contribution is 2.32. The number of hydrogen-bond donors (Lipinski definition) is 0. The molecular weight excluding hydrogens is 224 g/mol. The predicted octanol–water partition coefficient (Wildman–Crippen LogP) is 4.79. The Balaban J connectivity index is 2.06. The highest BCUT2D eigenvalue weighted by Gasteiger charge is 2.01. The number of fused-ring (bicyclic) bond motifs is 1. The molecule has 1 heteroatoms. The highest BCUT2D eigenvalue weighted by molar-refractivity contribution is 7.99. The molecule has 0 unspecified atom stereocenters. The smallest absolute Gasteiger partial charge is 0.0201 e. The van der Waals surface area contributed by atoms with Crippen LogP contribution in [0, 0.1) is 6.07 Å². The van der Waals surface area contributed by atoms with Gasteiger partial charge in [-0.3, -0.25) is 0 Å². The monoisotopic (exact) mass is 235 g/mol. The van der Waals surface area contributed by atoms with Gasteiger partial charge in [0.05, 0.1) is 0 Å². The van der Waals surface area contributed by atoms with E-state index in [-0.39, 0.29) is 0 Å². The van der Waals surface area contributed by atoms with Crippen LogP contribution in [0.4, 0.5) is 0 Å². The van der Waals surface area contributed by atoms with Gasteiger partial charge in [-0.1, -0.05) is 66.4 Å². The standard InChI is InChI=1S/C16H11S/c1-2-9-14(10-3-1)17-16-12-6-8-13-7-4-5-11-15(13)16/h1-9,11-12H. The van der Waals surface area contributed by atoms with Gasteiger partial charge in [-0.2, -0.15) is 0 Å². The second-order valence-electron chi connectivity index (χ2n) is 3.81. The Bertz CT molecular complexity index is 624.